The summed E-state index contributed by atoms with van der Waals surface area (Å²) in [7, 11) is 0. The largest absolute Gasteiger partial charge is 0.323 e. The Labute approximate surface area is 77.8 Å². The fraction of sp³-hybridized carbons (Fsp3) is 0.455. The molecular weight excluding hydrogens is 165 g/mol. The predicted octanol–water partition coefficient (Wildman–Crippen LogP) is 2.06. The van der Waals surface area contributed by atoms with E-state index >= 15 is 0 Å². The number of benzene rings is 1. The van der Waals surface area contributed by atoms with Gasteiger partial charge in [-0.3, -0.25) is 0 Å². The van der Waals surface area contributed by atoms with Gasteiger partial charge in [0.25, 0.3) is 0 Å². The van der Waals surface area contributed by atoms with E-state index in [9.17, 15) is 4.39 Å². The number of alkyl halides is 1. The van der Waals surface area contributed by atoms with Gasteiger partial charge in [0.1, 0.15) is 6.17 Å². The van der Waals surface area contributed by atoms with Crippen LogP contribution in [0.15, 0.2) is 30.3 Å². The molecule has 0 spiro atoms. The van der Waals surface area contributed by atoms with Crippen molar-refractivity contribution in [1.29, 1.82) is 0 Å². The van der Waals surface area contributed by atoms with Gasteiger partial charge in [-0.25, -0.2) is 4.39 Å². The zero-order valence-electron chi connectivity index (χ0n) is 7.54. The molecule has 70 valence electrons. The third-order valence-electron chi connectivity index (χ3n) is 2.71. The van der Waals surface area contributed by atoms with E-state index in [2.05, 4.69) is 0 Å². The van der Waals surface area contributed by atoms with Gasteiger partial charge in [0.2, 0.25) is 0 Å². The monoisotopic (exact) mass is 179 g/mol. The smallest absolute Gasteiger partial charge is 0.122 e. The van der Waals surface area contributed by atoms with Crippen LogP contribution >= 0.6 is 0 Å². The van der Waals surface area contributed by atoms with Crippen LogP contribution in [-0.4, -0.2) is 11.7 Å². The molecule has 1 aromatic carbocycles. The molecule has 0 amide bonds. The Kier molecular flexibility index (Phi) is 2.08. The number of halogens is 1. The van der Waals surface area contributed by atoms with Gasteiger partial charge in [0.05, 0.1) is 0 Å². The van der Waals surface area contributed by atoms with Crippen molar-refractivity contribution >= 4 is 0 Å². The molecule has 1 fully saturated rings. The van der Waals surface area contributed by atoms with E-state index in [1.807, 2.05) is 30.3 Å². The Bertz CT molecular complexity index is 279. The molecule has 0 saturated heterocycles. The minimum atomic E-state index is -0.880. The van der Waals surface area contributed by atoms with Gasteiger partial charge in [-0.2, -0.15) is 0 Å². The van der Waals surface area contributed by atoms with Crippen LogP contribution in [0, 0.1) is 0 Å². The summed E-state index contributed by atoms with van der Waals surface area (Å²) in [5.74, 6) is 0. The van der Waals surface area contributed by atoms with Gasteiger partial charge >= 0.3 is 0 Å². The van der Waals surface area contributed by atoms with E-state index in [0.717, 1.165) is 18.4 Å². The highest BCUT2D eigenvalue weighted by molar-refractivity contribution is 5.18. The van der Waals surface area contributed by atoms with Crippen molar-refractivity contribution in [2.45, 2.75) is 31.0 Å². The van der Waals surface area contributed by atoms with Crippen molar-refractivity contribution in [3.63, 3.8) is 0 Å². The Morgan fingerprint density at radius 3 is 2.46 bits per heavy atom. The van der Waals surface area contributed by atoms with Crippen molar-refractivity contribution in [1.82, 2.24) is 0 Å². The van der Waals surface area contributed by atoms with E-state index in [4.69, 9.17) is 5.73 Å². The van der Waals surface area contributed by atoms with Crippen LogP contribution in [-0.2, 0) is 6.42 Å². The van der Waals surface area contributed by atoms with Crippen LogP contribution in [0.1, 0.15) is 18.4 Å². The maximum Gasteiger partial charge on any atom is 0.122 e. The van der Waals surface area contributed by atoms with Gasteiger partial charge in [-0.05, 0) is 18.4 Å². The van der Waals surface area contributed by atoms with Gasteiger partial charge in [0, 0.05) is 12.0 Å². The van der Waals surface area contributed by atoms with Crippen molar-refractivity contribution in [2.24, 2.45) is 5.73 Å². The van der Waals surface area contributed by atoms with Crippen molar-refractivity contribution in [3.8, 4) is 0 Å². The molecule has 0 heterocycles. The molecule has 2 heteroatoms. The second kappa shape index (κ2) is 3.11. The van der Waals surface area contributed by atoms with Crippen molar-refractivity contribution in [3.05, 3.63) is 35.9 Å². The molecular formula is C11H14FN. The normalized spacial score (nSPS) is 21.1. The maximum atomic E-state index is 13.5. The van der Waals surface area contributed by atoms with E-state index in [1.165, 1.54) is 0 Å². The molecule has 0 aliphatic heterocycles. The minimum absolute atomic E-state index is 0.456. The maximum absolute atomic E-state index is 13.5. The van der Waals surface area contributed by atoms with Gasteiger partial charge in [0.15, 0.2) is 0 Å². The minimum Gasteiger partial charge on any atom is -0.323 e. The molecule has 1 saturated carbocycles. The summed E-state index contributed by atoms with van der Waals surface area (Å²) in [4.78, 5) is 0. The first-order chi connectivity index (χ1) is 6.21. The Morgan fingerprint density at radius 1 is 1.31 bits per heavy atom. The number of hydrogen-bond donors (Lipinski definition) is 1. The molecule has 1 aliphatic rings. The lowest BCUT2D eigenvalue weighted by Crippen LogP contribution is -2.35. The first-order valence-electron chi connectivity index (χ1n) is 4.68. The molecule has 0 bridgehead atoms. The molecule has 1 nitrogen and oxygen atoms in total. The zero-order chi connectivity index (χ0) is 9.31. The molecule has 1 aliphatic carbocycles. The lowest BCUT2D eigenvalue weighted by molar-refractivity contribution is 0.266. The van der Waals surface area contributed by atoms with Crippen LogP contribution in [0.5, 0.6) is 0 Å². The van der Waals surface area contributed by atoms with Gasteiger partial charge < -0.3 is 5.73 Å². The fourth-order valence-corrected chi connectivity index (χ4v) is 1.48. The SMILES string of the molecule is NC1(C(F)Cc2ccccc2)CC1. The first-order valence-corrected chi connectivity index (χ1v) is 4.68. The van der Waals surface area contributed by atoms with Crippen molar-refractivity contribution < 1.29 is 4.39 Å². The summed E-state index contributed by atoms with van der Waals surface area (Å²) in [5, 5.41) is 0. The second-order valence-corrected chi connectivity index (χ2v) is 3.89. The molecule has 0 radical (unpaired) electrons. The highest BCUT2D eigenvalue weighted by atomic mass is 19.1. The van der Waals surface area contributed by atoms with E-state index < -0.39 is 11.7 Å². The van der Waals surface area contributed by atoms with Crippen LogP contribution in [0.25, 0.3) is 0 Å². The average molecular weight is 179 g/mol. The number of nitrogens with two attached hydrogens (primary N) is 1. The van der Waals surface area contributed by atoms with Gasteiger partial charge in [-0.15, -0.1) is 0 Å². The first kappa shape index (κ1) is 8.70. The third kappa shape index (κ3) is 1.89. The third-order valence-corrected chi connectivity index (χ3v) is 2.71. The summed E-state index contributed by atoms with van der Waals surface area (Å²) in [5.41, 5.74) is 6.29. The van der Waals surface area contributed by atoms with Crippen LogP contribution in [0.2, 0.25) is 0 Å². The summed E-state index contributed by atoms with van der Waals surface area (Å²) in [6.45, 7) is 0. The summed E-state index contributed by atoms with van der Waals surface area (Å²) in [6.07, 6.45) is 1.24. The Hall–Kier alpha value is -0.890. The molecule has 2 N–H and O–H groups in total. The second-order valence-electron chi connectivity index (χ2n) is 3.89. The van der Waals surface area contributed by atoms with Gasteiger partial charge in [-0.1, -0.05) is 30.3 Å². The highest BCUT2D eigenvalue weighted by Crippen LogP contribution is 2.38. The molecule has 13 heavy (non-hydrogen) atoms. The number of rotatable bonds is 3. The number of hydrogen-bond acceptors (Lipinski definition) is 1. The van der Waals surface area contributed by atoms with E-state index in [0.29, 0.717) is 6.42 Å². The molecule has 1 atom stereocenters. The van der Waals surface area contributed by atoms with E-state index in [-0.39, 0.29) is 0 Å². The fourth-order valence-electron chi connectivity index (χ4n) is 1.48. The van der Waals surface area contributed by atoms with Crippen molar-refractivity contribution in [2.75, 3.05) is 0 Å². The highest BCUT2D eigenvalue weighted by Gasteiger charge is 2.46. The van der Waals surface area contributed by atoms with Crippen LogP contribution in [0.4, 0.5) is 4.39 Å². The Balaban J connectivity index is 1.98. The van der Waals surface area contributed by atoms with E-state index in [1.54, 1.807) is 0 Å². The zero-order valence-corrected chi connectivity index (χ0v) is 7.54. The molecule has 1 aromatic rings. The Morgan fingerprint density at radius 2 is 1.92 bits per heavy atom. The topological polar surface area (TPSA) is 26.0 Å². The quantitative estimate of drug-likeness (QED) is 0.755. The van der Waals surface area contributed by atoms with Crippen LogP contribution < -0.4 is 5.73 Å². The van der Waals surface area contributed by atoms with Crippen LogP contribution in [0.3, 0.4) is 0 Å². The average Bonchev–Trinajstić information content (AvgIpc) is 2.87. The summed E-state index contributed by atoms with van der Waals surface area (Å²) < 4.78 is 13.5. The lowest BCUT2D eigenvalue weighted by atomic mass is 10.0. The summed E-state index contributed by atoms with van der Waals surface area (Å²) in [6, 6.07) is 9.68. The molecule has 0 aromatic heterocycles. The lowest BCUT2D eigenvalue weighted by Gasteiger charge is -2.14. The predicted molar refractivity (Wildman–Crippen MR) is 51.2 cm³/mol. The molecule has 2 rings (SSSR count). The summed E-state index contributed by atoms with van der Waals surface area (Å²) >= 11 is 0. The molecule has 1 unspecified atom stereocenters. The standard InChI is InChI=1S/C11H14FN/c12-10(11(13)6-7-11)8-9-4-2-1-3-5-9/h1-5,10H,6-8,13H2.